The number of pyridine rings is 1. The Morgan fingerprint density at radius 1 is 0.840 bits per heavy atom. The van der Waals surface area contributed by atoms with Crippen LogP contribution in [-0.2, 0) is 9.47 Å². The molecule has 0 saturated heterocycles. The third-order valence-electron chi connectivity index (χ3n) is 6.95. The first kappa shape index (κ1) is 35.8. The fourth-order valence-electron chi connectivity index (χ4n) is 4.74. The first-order valence-electron chi connectivity index (χ1n) is 15.6. The molecule has 0 fully saturated rings. The highest BCUT2D eigenvalue weighted by Crippen LogP contribution is 2.36. The van der Waals surface area contributed by atoms with E-state index in [1.807, 2.05) is 18.2 Å². The monoisotopic (exact) mass is 702 g/mol. The minimum atomic E-state index is -1.00. The molecule has 14 heteroatoms. The van der Waals surface area contributed by atoms with Gasteiger partial charge in [-0.3, -0.25) is 4.79 Å². The van der Waals surface area contributed by atoms with E-state index in [1.54, 1.807) is 78.9 Å². The molecule has 0 aliphatic rings. The lowest BCUT2D eigenvalue weighted by atomic mass is 10.1. The Morgan fingerprint density at radius 3 is 2.20 bits per heavy atom. The van der Waals surface area contributed by atoms with E-state index in [0.717, 1.165) is 27.5 Å². The van der Waals surface area contributed by atoms with Crippen molar-refractivity contribution in [2.75, 3.05) is 10.2 Å². The van der Waals surface area contributed by atoms with Crippen molar-refractivity contribution in [3.8, 4) is 10.4 Å². The molecule has 1 atom stereocenters. The average molecular weight is 703 g/mol. The number of benzene rings is 2. The first-order valence-corrected chi connectivity index (χ1v) is 16.4. The number of aromatic nitrogens is 3. The topological polar surface area (TPSA) is 136 Å². The molecule has 50 heavy (non-hydrogen) atoms. The van der Waals surface area contributed by atoms with Crippen LogP contribution in [0.5, 0.6) is 0 Å². The van der Waals surface area contributed by atoms with Gasteiger partial charge in [0, 0.05) is 16.5 Å². The molecule has 260 valence electrons. The van der Waals surface area contributed by atoms with Crippen molar-refractivity contribution < 1.29 is 32.6 Å². The van der Waals surface area contributed by atoms with Gasteiger partial charge in [0.25, 0.3) is 5.91 Å². The molecule has 3 aromatic heterocycles. The molecule has 0 bridgehead atoms. The Kier molecular flexibility index (Phi) is 10.1. The van der Waals surface area contributed by atoms with E-state index in [2.05, 4.69) is 25.6 Å². The fourth-order valence-corrected chi connectivity index (χ4v) is 5.64. The zero-order valence-electron chi connectivity index (χ0n) is 28.5. The molecule has 3 heterocycles. The van der Waals surface area contributed by atoms with E-state index in [1.165, 1.54) is 23.7 Å². The summed E-state index contributed by atoms with van der Waals surface area (Å²) in [7, 11) is 0. The predicted octanol–water partition coefficient (Wildman–Crippen LogP) is 8.94. The van der Waals surface area contributed by atoms with Gasteiger partial charge in [-0.2, -0.15) is 4.90 Å². The number of imide groups is 1. The number of carbonyl (C=O) groups is 3. The van der Waals surface area contributed by atoms with E-state index in [4.69, 9.17) is 9.47 Å². The van der Waals surface area contributed by atoms with Crippen LogP contribution in [0.15, 0.2) is 73.2 Å². The Bertz CT molecular complexity index is 2050. The van der Waals surface area contributed by atoms with Crippen LogP contribution in [-0.4, -0.2) is 44.2 Å². The van der Waals surface area contributed by atoms with Gasteiger partial charge in [-0.1, -0.05) is 12.1 Å². The van der Waals surface area contributed by atoms with Gasteiger partial charge in [-0.05, 0) is 108 Å². The van der Waals surface area contributed by atoms with E-state index in [9.17, 15) is 23.2 Å². The fraction of sp³-hybridized carbons (Fsp3) is 0.278. The SMILES string of the molecule is C[C@H](NC(=O)c1cccnc1Nc1ccc(-c2ccc3ncnc(N(C(=O)OC(C)(C)C)C(=O)OC(C)(C)C)c3c2)s1)c1ccc(F)c(F)c1. The van der Waals surface area contributed by atoms with Crippen LogP contribution in [0.1, 0.15) is 70.4 Å². The molecule has 3 amide bonds. The van der Waals surface area contributed by atoms with Crippen molar-refractivity contribution >= 4 is 57.0 Å². The van der Waals surface area contributed by atoms with E-state index >= 15 is 0 Å². The van der Waals surface area contributed by atoms with Gasteiger partial charge < -0.3 is 20.1 Å². The van der Waals surface area contributed by atoms with Crippen LogP contribution < -0.4 is 15.5 Å². The van der Waals surface area contributed by atoms with Gasteiger partial charge in [0.15, 0.2) is 17.5 Å². The number of nitrogens with one attached hydrogen (secondary N) is 2. The second kappa shape index (κ2) is 14.2. The molecule has 0 aliphatic carbocycles. The summed E-state index contributed by atoms with van der Waals surface area (Å²) in [4.78, 5) is 54.5. The molecule has 5 aromatic rings. The number of fused-ring (bicyclic) bond motifs is 1. The van der Waals surface area contributed by atoms with Gasteiger partial charge >= 0.3 is 12.2 Å². The van der Waals surface area contributed by atoms with Crippen LogP contribution in [0, 0.1) is 11.6 Å². The standard InChI is InChI=1S/C36H36F2N6O5S/c1-20(21-10-12-25(37)26(38)18-21)42-32(45)23-9-8-16-39-30(23)43-29-15-14-28(50-29)22-11-13-27-24(17-22)31(41-19-40-27)44(33(46)48-35(2,3)4)34(47)49-36(5,6)7/h8-20H,1-7H3,(H,39,43)(H,42,45)/t20-/m0/s1. The maximum atomic E-state index is 13.8. The highest BCUT2D eigenvalue weighted by Gasteiger charge is 2.35. The van der Waals surface area contributed by atoms with Crippen LogP contribution in [0.2, 0.25) is 0 Å². The molecular weight excluding hydrogens is 666 g/mol. The minimum Gasteiger partial charge on any atom is -0.443 e. The maximum Gasteiger partial charge on any atom is 0.425 e. The van der Waals surface area contributed by atoms with Crippen molar-refractivity contribution in [1.29, 1.82) is 0 Å². The molecule has 0 unspecified atom stereocenters. The van der Waals surface area contributed by atoms with E-state index < -0.39 is 47.0 Å². The van der Waals surface area contributed by atoms with Crippen molar-refractivity contribution in [1.82, 2.24) is 20.3 Å². The number of rotatable bonds is 7. The summed E-state index contributed by atoms with van der Waals surface area (Å²) in [5, 5.41) is 7.07. The summed E-state index contributed by atoms with van der Waals surface area (Å²) in [6.07, 6.45) is 0.896. The number of thiophene rings is 1. The van der Waals surface area contributed by atoms with Gasteiger partial charge in [0.1, 0.15) is 23.3 Å². The minimum absolute atomic E-state index is 0.00278. The molecule has 2 N–H and O–H groups in total. The van der Waals surface area contributed by atoms with E-state index in [0.29, 0.717) is 21.5 Å². The van der Waals surface area contributed by atoms with Gasteiger partial charge in [-0.15, -0.1) is 11.3 Å². The molecule has 0 saturated carbocycles. The molecule has 0 aliphatic heterocycles. The summed E-state index contributed by atoms with van der Waals surface area (Å²) in [5.74, 6) is -2.15. The Labute approximate surface area is 291 Å². The van der Waals surface area contributed by atoms with Gasteiger partial charge in [0.2, 0.25) is 0 Å². The highest BCUT2D eigenvalue weighted by atomic mass is 32.1. The van der Waals surface area contributed by atoms with Crippen LogP contribution >= 0.6 is 11.3 Å². The number of halogens is 2. The summed E-state index contributed by atoms with van der Waals surface area (Å²) >= 11 is 1.37. The van der Waals surface area contributed by atoms with Crippen LogP contribution in [0.3, 0.4) is 0 Å². The number of amides is 3. The Balaban J connectivity index is 1.42. The second-order valence-corrected chi connectivity index (χ2v) is 14.4. The van der Waals surface area contributed by atoms with E-state index in [-0.39, 0.29) is 17.2 Å². The summed E-state index contributed by atoms with van der Waals surface area (Å²) in [6, 6.07) is 15.1. The van der Waals surface area contributed by atoms with Gasteiger partial charge in [0.05, 0.1) is 22.1 Å². The predicted molar refractivity (Wildman–Crippen MR) is 188 cm³/mol. The van der Waals surface area contributed by atoms with Crippen molar-refractivity contribution in [3.63, 3.8) is 0 Å². The number of carbonyl (C=O) groups excluding carboxylic acids is 3. The molecule has 5 rings (SSSR count). The third-order valence-corrected chi connectivity index (χ3v) is 8.00. The number of anilines is 3. The zero-order valence-corrected chi connectivity index (χ0v) is 29.3. The normalized spacial score (nSPS) is 12.3. The Hall–Kier alpha value is -5.50. The highest BCUT2D eigenvalue weighted by molar-refractivity contribution is 7.19. The molecular formula is C36H36F2N6O5S. The quantitative estimate of drug-likeness (QED) is 0.170. The maximum absolute atomic E-state index is 13.8. The summed E-state index contributed by atoms with van der Waals surface area (Å²) in [6.45, 7) is 11.8. The number of hydrogen-bond acceptors (Lipinski definition) is 10. The molecule has 0 radical (unpaired) electrons. The van der Waals surface area contributed by atoms with Crippen molar-refractivity contribution in [2.45, 2.75) is 65.7 Å². The smallest absolute Gasteiger partial charge is 0.425 e. The number of nitrogens with zero attached hydrogens (tertiary/aromatic N) is 4. The van der Waals surface area contributed by atoms with Crippen LogP contribution in [0.25, 0.3) is 21.3 Å². The molecule has 0 spiro atoms. The lowest BCUT2D eigenvalue weighted by Crippen LogP contribution is -2.44. The Morgan fingerprint density at radius 2 is 1.54 bits per heavy atom. The second-order valence-electron chi connectivity index (χ2n) is 13.3. The van der Waals surface area contributed by atoms with Crippen molar-refractivity contribution in [2.24, 2.45) is 0 Å². The van der Waals surface area contributed by atoms with Gasteiger partial charge in [-0.25, -0.2) is 33.3 Å². The molecule has 2 aromatic carbocycles. The largest absolute Gasteiger partial charge is 0.443 e. The third kappa shape index (κ3) is 8.55. The van der Waals surface area contributed by atoms with Crippen LogP contribution in [0.4, 0.5) is 35.0 Å². The lowest BCUT2D eigenvalue weighted by Gasteiger charge is -2.28. The van der Waals surface area contributed by atoms with Crippen molar-refractivity contribution in [3.05, 3.63) is 95.9 Å². The average Bonchev–Trinajstić information content (AvgIpc) is 3.49. The summed E-state index contributed by atoms with van der Waals surface area (Å²) < 4.78 is 38.3. The zero-order chi connectivity index (χ0) is 36.4. The molecule has 11 nitrogen and oxygen atoms in total. The number of ether oxygens (including phenoxy) is 2. The number of hydrogen-bond donors (Lipinski definition) is 2. The lowest BCUT2D eigenvalue weighted by molar-refractivity contribution is 0.0429. The first-order chi connectivity index (χ1) is 23.5. The summed E-state index contributed by atoms with van der Waals surface area (Å²) in [5.41, 5.74) is 0.0589.